The highest BCUT2D eigenvalue weighted by Gasteiger charge is 2.26. The van der Waals surface area contributed by atoms with Gasteiger partial charge < -0.3 is 20.3 Å². The highest BCUT2D eigenvalue weighted by Crippen LogP contribution is 2.25. The van der Waals surface area contributed by atoms with Gasteiger partial charge in [-0.05, 0) is 61.1 Å². The number of rotatable bonds is 10. The number of nitrogens with zero attached hydrogens (tertiary/aromatic N) is 1. The molecule has 37 heavy (non-hydrogen) atoms. The molecule has 0 aliphatic carbocycles. The van der Waals surface area contributed by atoms with Crippen molar-refractivity contribution in [2.75, 3.05) is 31.6 Å². The summed E-state index contributed by atoms with van der Waals surface area (Å²) >= 11 is 0. The topological polar surface area (TPSA) is 70.7 Å². The van der Waals surface area contributed by atoms with Gasteiger partial charge >= 0.3 is 0 Å². The number of benzene rings is 3. The van der Waals surface area contributed by atoms with Crippen LogP contribution in [-0.2, 0) is 11.2 Å². The van der Waals surface area contributed by atoms with Crippen LogP contribution in [0, 0.1) is 0 Å². The number of piperidine rings is 1. The summed E-state index contributed by atoms with van der Waals surface area (Å²) in [5, 5.41) is 6.35. The lowest BCUT2D eigenvalue weighted by molar-refractivity contribution is -0.123. The van der Waals surface area contributed by atoms with E-state index in [0.717, 1.165) is 61.3 Å². The summed E-state index contributed by atoms with van der Waals surface area (Å²) in [6.07, 6.45) is 3.23. The Balaban J connectivity index is 1.30. The van der Waals surface area contributed by atoms with Crippen LogP contribution in [-0.4, -0.2) is 44.6 Å². The minimum atomic E-state index is -0.124. The molecule has 0 radical (unpaired) electrons. The second kappa shape index (κ2) is 12.9. The van der Waals surface area contributed by atoms with Crippen LogP contribution in [0.1, 0.15) is 53.6 Å². The van der Waals surface area contributed by atoms with Gasteiger partial charge in [0.05, 0.1) is 18.6 Å². The zero-order valence-electron chi connectivity index (χ0n) is 21.8. The first-order valence-electron chi connectivity index (χ1n) is 13.2. The third-order valence-corrected chi connectivity index (χ3v) is 7.12. The van der Waals surface area contributed by atoms with E-state index in [-0.39, 0.29) is 23.8 Å². The fourth-order valence-electron chi connectivity index (χ4n) is 4.97. The number of carbonyl (C=O) groups is 2. The summed E-state index contributed by atoms with van der Waals surface area (Å²) in [4.78, 5) is 28.3. The molecular formula is C31H37N3O3. The van der Waals surface area contributed by atoms with Crippen LogP contribution in [0.4, 0.5) is 5.69 Å². The number of hydrogen-bond donors (Lipinski definition) is 2. The molecule has 3 aromatic rings. The summed E-state index contributed by atoms with van der Waals surface area (Å²) in [7, 11) is 1.65. The van der Waals surface area contributed by atoms with E-state index in [2.05, 4.69) is 22.5 Å². The highest BCUT2D eigenvalue weighted by atomic mass is 16.5. The van der Waals surface area contributed by atoms with Crippen LogP contribution in [0.25, 0.3) is 0 Å². The average Bonchev–Trinajstić information content (AvgIpc) is 2.95. The normalized spacial score (nSPS) is 14.6. The van der Waals surface area contributed by atoms with Crippen molar-refractivity contribution in [1.82, 2.24) is 10.6 Å². The number of methoxy groups -OCH3 is 1. The summed E-state index contributed by atoms with van der Waals surface area (Å²) in [6, 6.07) is 25.8. The van der Waals surface area contributed by atoms with Crippen molar-refractivity contribution in [3.05, 3.63) is 95.6 Å². The Morgan fingerprint density at radius 2 is 1.62 bits per heavy atom. The van der Waals surface area contributed by atoms with Crippen molar-refractivity contribution in [2.24, 2.45) is 0 Å². The number of nitrogens with one attached hydrogen (secondary N) is 2. The molecule has 4 rings (SSSR count). The molecule has 1 fully saturated rings. The lowest BCUT2D eigenvalue weighted by Gasteiger charge is -2.35. The molecule has 2 N–H and O–H groups in total. The number of carbonyl (C=O) groups excluding carboxylic acids is 2. The van der Waals surface area contributed by atoms with Crippen molar-refractivity contribution in [2.45, 2.75) is 44.6 Å². The van der Waals surface area contributed by atoms with Crippen molar-refractivity contribution < 1.29 is 14.3 Å². The molecule has 1 aliphatic heterocycles. The molecule has 0 spiro atoms. The number of para-hydroxylation sites is 1. The minimum absolute atomic E-state index is 0.0619. The van der Waals surface area contributed by atoms with Crippen molar-refractivity contribution in [3.8, 4) is 5.75 Å². The van der Waals surface area contributed by atoms with E-state index in [1.807, 2.05) is 78.9 Å². The molecule has 0 saturated carbocycles. The smallest absolute Gasteiger partial charge is 0.253 e. The molecule has 1 atom stereocenters. The van der Waals surface area contributed by atoms with Gasteiger partial charge in [0.1, 0.15) is 5.75 Å². The predicted molar refractivity (Wildman–Crippen MR) is 148 cm³/mol. The van der Waals surface area contributed by atoms with Gasteiger partial charge in [0.25, 0.3) is 5.91 Å². The van der Waals surface area contributed by atoms with E-state index in [9.17, 15) is 9.59 Å². The molecule has 0 aromatic heterocycles. The summed E-state index contributed by atoms with van der Waals surface area (Å²) < 4.78 is 5.20. The van der Waals surface area contributed by atoms with Crippen LogP contribution in [0.5, 0.6) is 5.75 Å². The van der Waals surface area contributed by atoms with Crippen LogP contribution >= 0.6 is 0 Å². The number of anilines is 1. The Kier molecular flexibility index (Phi) is 9.19. The van der Waals surface area contributed by atoms with Crippen LogP contribution < -0.4 is 20.3 Å². The molecule has 6 heteroatoms. The Bertz CT molecular complexity index is 1160. The maximum absolute atomic E-state index is 13.0. The van der Waals surface area contributed by atoms with E-state index in [1.165, 1.54) is 0 Å². The fourth-order valence-corrected chi connectivity index (χ4v) is 4.97. The minimum Gasteiger partial charge on any atom is -0.497 e. The molecule has 6 nitrogen and oxygen atoms in total. The van der Waals surface area contributed by atoms with Gasteiger partial charge in [0.2, 0.25) is 5.91 Å². The van der Waals surface area contributed by atoms with E-state index in [0.29, 0.717) is 12.1 Å². The van der Waals surface area contributed by atoms with Crippen molar-refractivity contribution in [3.63, 3.8) is 0 Å². The zero-order chi connectivity index (χ0) is 26.0. The van der Waals surface area contributed by atoms with E-state index < -0.39 is 0 Å². The Labute approximate surface area is 220 Å². The molecule has 1 saturated heterocycles. The molecule has 1 aliphatic rings. The molecule has 0 bridgehead atoms. The molecule has 1 heterocycles. The summed E-state index contributed by atoms with van der Waals surface area (Å²) in [5.74, 6) is 0.741. The lowest BCUT2D eigenvalue weighted by atomic mass is 9.94. The maximum Gasteiger partial charge on any atom is 0.253 e. The van der Waals surface area contributed by atoms with Crippen molar-refractivity contribution in [1.29, 1.82) is 0 Å². The second-order valence-corrected chi connectivity index (χ2v) is 9.51. The monoisotopic (exact) mass is 499 g/mol. The SMILES string of the molecule is CC[C@@H](C(=O)NC1CCN(c2ccccc2C(=O)NCCc2ccc(OC)cc2)CC1)c1ccccc1. The zero-order valence-corrected chi connectivity index (χ0v) is 21.8. The van der Waals surface area contributed by atoms with Gasteiger partial charge in [0.15, 0.2) is 0 Å². The first-order chi connectivity index (χ1) is 18.1. The van der Waals surface area contributed by atoms with Gasteiger partial charge in [-0.15, -0.1) is 0 Å². The highest BCUT2D eigenvalue weighted by molar-refractivity contribution is 5.99. The van der Waals surface area contributed by atoms with E-state index in [4.69, 9.17) is 4.74 Å². The van der Waals surface area contributed by atoms with Crippen molar-refractivity contribution >= 4 is 17.5 Å². The molecule has 3 aromatic carbocycles. The maximum atomic E-state index is 13.0. The summed E-state index contributed by atoms with van der Waals surface area (Å²) in [5.41, 5.74) is 3.85. The molecule has 2 amide bonds. The van der Waals surface area contributed by atoms with Crippen LogP contribution in [0.2, 0.25) is 0 Å². The molecule has 194 valence electrons. The Morgan fingerprint density at radius 3 is 2.30 bits per heavy atom. The van der Waals surface area contributed by atoms with Crippen LogP contribution in [0.15, 0.2) is 78.9 Å². The first-order valence-corrected chi connectivity index (χ1v) is 13.2. The van der Waals surface area contributed by atoms with Gasteiger partial charge in [-0.3, -0.25) is 9.59 Å². The molecular weight excluding hydrogens is 462 g/mol. The van der Waals surface area contributed by atoms with Crippen LogP contribution in [0.3, 0.4) is 0 Å². The van der Waals surface area contributed by atoms with Gasteiger partial charge in [0, 0.05) is 31.4 Å². The standard InChI is InChI=1S/C31H37N3O3/c1-3-27(24-9-5-4-6-10-24)31(36)33-25-18-21-34(22-19-25)29-12-8-7-11-28(29)30(35)32-20-17-23-13-15-26(37-2)16-14-23/h4-16,25,27H,3,17-22H2,1-2H3,(H,32,35)(H,33,36)/t27-/m1/s1. The number of hydrogen-bond acceptors (Lipinski definition) is 4. The quantitative estimate of drug-likeness (QED) is 0.414. The third-order valence-electron chi connectivity index (χ3n) is 7.12. The van der Waals surface area contributed by atoms with E-state index >= 15 is 0 Å². The van der Waals surface area contributed by atoms with Gasteiger partial charge in [-0.2, -0.15) is 0 Å². The summed E-state index contributed by atoms with van der Waals surface area (Å²) in [6.45, 7) is 4.21. The second-order valence-electron chi connectivity index (χ2n) is 9.51. The average molecular weight is 500 g/mol. The number of amides is 2. The predicted octanol–water partition coefficient (Wildman–Crippen LogP) is 4.95. The Morgan fingerprint density at radius 1 is 0.946 bits per heavy atom. The largest absolute Gasteiger partial charge is 0.497 e. The lowest BCUT2D eigenvalue weighted by Crippen LogP contribution is -2.46. The van der Waals surface area contributed by atoms with Gasteiger partial charge in [-0.25, -0.2) is 0 Å². The Hall–Kier alpha value is -3.80. The first kappa shape index (κ1) is 26.3. The van der Waals surface area contributed by atoms with E-state index in [1.54, 1.807) is 7.11 Å². The van der Waals surface area contributed by atoms with Gasteiger partial charge in [-0.1, -0.05) is 61.5 Å². The number of ether oxygens (including phenoxy) is 1. The fraction of sp³-hybridized carbons (Fsp3) is 0.355. The third kappa shape index (κ3) is 6.91. The molecule has 0 unspecified atom stereocenters.